The highest BCUT2D eigenvalue weighted by atomic mass is 16.5. The Morgan fingerprint density at radius 1 is 0.875 bits per heavy atom. The van der Waals surface area contributed by atoms with Crippen LogP contribution in [0, 0.1) is 11.8 Å². The summed E-state index contributed by atoms with van der Waals surface area (Å²) < 4.78 is 5.93. The van der Waals surface area contributed by atoms with Gasteiger partial charge in [0.25, 0.3) is 0 Å². The quantitative estimate of drug-likeness (QED) is 0.613. The van der Waals surface area contributed by atoms with Gasteiger partial charge < -0.3 is 14.9 Å². The first kappa shape index (κ1) is 20.2. The van der Waals surface area contributed by atoms with Crippen LogP contribution in [0.3, 0.4) is 0 Å². The predicted molar refractivity (Wildman–Crippen MR) is 117 cm³/mol. The third-order valence-corrected chi connectivity index (χ3v) is 6.78. The second kappa shape index (κ2) is 7.79. The van der Waals surface area contributed by atoms with Crippen molar-refractivity contribution in [2.45, 2.75) is 24.7 Å². The Morgan fingerprint density at radius 3 is 2.38 bits per heavy atom. The lowest BCUT2D eigenvalue weighted by atomic mass is 9.55. The molecule has 0 aliphatic heterocycles. The van der Waals surface area contributed by atoms with Gasteiger partial charge in [-0.1, -0.05) is 48.5 Å². The van der Waals surface area contributed by atoms with Gasteiger partial charge in [-0.2, -0.15) is 0 Å². The van der Waals surface area contributed by atoms with Crippen molar-refractivity contribution in [3.8, 4) is 5.75 Å². The molecule has 3 aliphatic carbocycles. The molecule has 3 aromatic carbocycles. The van der Waals surface area contributed by atoms with Gasteiger partial charge in [-0.05, 0) is 39.6 Å². The number of fused-ring (bicyclic) bond motifs is 3. The van der Waals surface area contributed by atoms with E-state index in [0.29, 0.717) is 24.3 Å². The van der Waals surface area contributed by atoms with Crippen LogP contribution in [-0.4, -0.2) is 34.5 Å². The molecule has 0 heterocycles. The summed E-state index contributed by atoms with van der Waals surface area (Å²) in [6, 6.07) is 19.7. The summed E-state index contributed by atoms with van der Waals surface area (Å²) in [5.41, 5.74) is 2.49. The van der Waals surface area contributed by atoms with Crippen LogP contribution in [0.15, 0.2) is 60.7 Å². The standard InChI is InChI=1S/C26H22O6/c27-21-13-20-18-8-7-17(12-19(18)22(21)24(26(30)31)23(20)25(28)29)32-10-9-14-5-6-15-3-1-2-4-16(15)11-14/h1-8,11-12,20,22-24H,9-10,13H2,(H,28,29)(H,30,31). The third-order valence-electron chi connectivity index (χ3n) is 6.78. The molecule has 32 heavy (non-hydrogen) atoms. The molecule has 6 nitrogen and oxygen atoms in total. The van der Waals surface area contributed by atoms with Crippen LogP contribution in [0.5, 0.6) is 5.75 Å². The van der Waals surface area contributed by atoms with Gasteiger partial charge in [-0.25, -0.2) is 0 Å². The first-order valence-electron chi connectivity index (χ1n) is 10.7. The van der Waals surface area contributed by atoms with Crippen molar-refractivity contribution in [1.29, 1.82) is 0 Å². The van der Waals surface area contributed by atoms with E-state index in [2.05, 4.69) is 30.3 Å². The maximum absolute atomic E-state index is 12.6. The van der Waals surface area contributed by atoms with E-state index in [4.69, 9.17) is 4.74 Å². The summed E-state index contributed by atoms with van der Waals surface area (Å²) in [5, 5.41) is 21.7. The Kier molecular flexibility index (Phi) is 4.93. The first-order valence-corrected chi connectivity index (χ1v) is 10.7. The number of aliphatic carboxylic acids is 2. The lowest BCUT2D eigenvalue weighted by Gasteiger charge is -2.45. The SMILES string of the molecule is O=C1CC2c3ccc(OCCc4ccc5ccccc5c4)cc3C1C(C(=O)O)C2C(=O)O. The van der Waals surface area contributed by atoms with Gasteiger partial charge in [-0.3, -0.25) is 14.4 Å². The van der Waals surface area contributed by atoms with E-state index in [1.54, 1.807) is 18.2 Å². The average Bonchev–Trinajstić information content (AvgIpc) is 2.78. The van der Waals surface area contributed by atoms with Crippen molar-refractivity contribution in [1.82, 2.24) is 0 Å². The Balaban J connectivity index is 1.37. The molecule has 6 heteroatoms. The lowest BCUT2D eigenvalue weighted by Crippen LogP contribution is -2.49. The van der Waals surface area contributed by atoms with Gasteiger partial charge in [0.15, 0.2) is 0 Å². The van der Waals surface area contributed by atoms with Gasteiger partial charge in [0, 0.05) is 18.8 Å². The normalized spacial score (nSPS) is 23.7. The van der Waals surface area contributed by atoms with E-state index < -0.39 is 35.6 Å². The highest BCUT2D eigenvalue weighted by molar-refractivity contribution is 5.98. The maximum Gasteiger partial charge on any atom is 0.308 e. The molecule has 3 aromatic rings. The Labute approximate surface area is 184 Å². The number of hydrogen-bond acceptors (Lipinski definition) is 4. The minimum atomic E-state index is -1.25. The van der Waals surface area contributed by atoms with Crippen molar-refractivity contribution >= 4 is 28.5 Å². The molecule has 0 saturated heterocycles. The van der Waals surface area contributed by atoms with Crippen LogP contribution in [0.2, 0.25) is 0 Å². The molecule has 1 saturated carbocycles. The third kappa shape index (κ3) is 3.32. The fourth-order valence-electron chi connectivity index (χ4n) is 5.35. The molecular formula is C26H22O6. The second-order valence-corrected chi connectivity index (χ2v) is 8.55. The highest BCUT2D eigenvalue weighted by Gasteiger charge is 2.57. The number of carboxylic acid groups (broad SMARTS) is 2. The van der Waals surface area contributed by atoms with Gasteiger partial charge >= 0.3 is 11.9 Å². The molecular weight excluding hydrogens is 408 g/mol. The van der Waals surface area contributed by atoms with Crippen molar-refractivity contribution < 1.29 is 29.3 Å². The van der Waals surface area contributed by atoms with Crippen molar-refractivity contribution in [3.05, 3.63) is 77.4 Å². The minimum absolute atomic E-state index is 0.0700. The molecule has 0 amide bonds. The number of rotatable bonds is 6. The number of carbonyl (C=O) groups is 3. The van der Waals surface area contributed by atoms with Crippen LogP contribution in [0.1, 0.15) is 34.9 Å². The van der Waals surface area contributed by atoms with Crippen LogP contribution >= 0.6 is 0 Å². The van der Waals surface area contributed by atoms with Gasteiger partial charge in [0.1, 0.15) is 11.5 Å². The molecule has 6 rings (SSSR count). The lowest BCUT2D eigenvalue weighted by molar-refractivity contribution is -0.160. The van der Waals surface area contributed by atoms with Crippen molar-refractivity contribution in [2.75, 3.05) is 6.61 Å². The summed E-state index contributed by atoms with van der Waals surface area (Å²) in [5.74, 6) is -5.97. The smallest absolute Gasteiger partial charge is 0.308 e. The fourth-order valence-corrected chi connectivity index (χ4v) is 5.35. The predicted octanol–water partition coefficient (Wildman–Crippen LogP) is 4.02. The minimum Gasteiger partial charge on any atom is -0.493 e. The number of ether oxygens (including phenoxy) is 1. The molecule has 0 spiro atoms. The monoisotopic (exact) mass is 430 g/mol. The van der Waals surface area contributed by atoms with Crippen LogP contribution in [0.25, 0.3) is 10.8 Å². The molecule has 2 bridgehead atoms. The molecule has 0 radical (unpaired) electrons. The molecule has 162 valence electrons. The van der Waals surface area contributed by atoms with Crippen LogP contribution < -0.4 is 4.74 Å². The maximum atomic E-state index is 12.6. The Morgan fingerprint density at radius 2 is 1.62 bits per heavy atom. The summed E-state index contributed by atoms with van der Waals surface area (Å²) in [6.45, 7) is 0.430. The van der Waals surface area contributed by atoms with E-state index in [1.165, 1.54) is 10.8 Å². The second-order valence-electron chi connectivity index (χ2n) is 8.55. The number of carbonyl (C=O) groups excluding carboxylic acids is 1. The number of carboxylic acids is 2. The van der Waals surface area contributed by atoms with E-state index in [9.17, 15) is 24.6 Å². The van der Waals surface area contributed by atoms with Gasteiger partial charge in [0.2, 0.25) is 0 Å². The number of Topliss-reactive ketones (excluding diaryl/α,β-unsaturated/α-hetero) is 1. The summed E-state index contributed by atoms with van der Waals surface area (Å²) >= 11 is 0. The topological polar surface area (TPSA) is 101 Å². The molecule has 0 aromatic heterocycles. The summed E-state index contributed by atoms with van der Waals surface area (Å²) in [4.78, 5) is 36.3. The van der Waals surface area contributed by atoms with Crippen molar-refractivity contribution in [2.24, 2.45) is 11.8 Å². The van der Waals surface area contributed by atoms with Crippen molar-refractivity contribution in [3.63, 3.8) is 0 Å². The zero-order valence-corrected chi connectivity index (χ0v) is 17.2. The fraction of sp³-hybridized carbons (Fsp3) is 0.269. The van der Waals surface area contributed by atoms with Gasteiger partial charge in [-0.15, -0.1) is 0 Å². The highest BCUT2D eigenvalue weighted by Crippen LogP contribution is 2.54. The Bertz CT molecular complexity index is 1250. The van der Waals surface area contributed by atoms with E-state index in [1.807, 2.05) is 12.1 Å². The summed E-state index contributed by atoms with van der Waals surface area (Å²) in [7, 11) is 0. The van der Waals surface area contributed by atoms with E-state index in [-0.39, 0.29) is 12.2 Å². The number of benzene rings is 3. The largest absolute Gasteiger partial charge is 0.493 e. The summed E-state index contributed by atoms with van der Waals surface area (Å²) in [6.07, 6.45) is 0.770. The molecule has 1 fully saturated rings. The Hall–Kier alpha value is -3.67. The van der Waals surface area contributed by atoms with Gasteiger partial charge in [0.05, 0.1) is 24.4 Å². The van der Waals surface area contributed by atoms with E-state index in [0.717, 1.165) is 11.1 Å². The van der Waals surface area contributed by atoms with E-state index >= 15 is 0 Å². The first-order chi connectivity index (χ1) is 15.4. The molecule has 4 unspecified atom stereocenters. The molecule has 4 atom stereocenters. The molecule has 3 aliphatic rings. The number of ketones is 1. The molecule has 2 N–H and O–H groups in total. The number of hydrogen-bond donors (Lipinski definition) is 2. The van der Waals surface area contributed by atoms with Crippen LogP contribution in [0.4, 0.5) is 0 Å². The zero-order chi connectivity index (χ0) is 22.4. The van der Waals surface area contributed by atoms with Crippen LogP contribution in [-0.2, 0) is 20.8 Å². The zero-order valence-electron chi connectivity index (χ0n) is 17.2. The average molecular weight is 430 g/mol.